The zero-order valence-electron chi connectivity index (χ0n) is 15.3. The van der Waals surface area contributed by atoms with E-state index in [0.29, 0.717) is 25.7 Å². The molecule has 0 saturated carbocycles. The van der Waals surface area contributed by atoms with Crippen LogP contribution in [0, 0.1) is 6.92 Å². The normalized spacial score (nSPS) is 15.4. The van der Waals surface area contributed by atoms with E-state index in [1.807, 2.05) is 35.5 Å². The Morgan fingerprint density at radius 2 is 2.15 bits per heavy atom. The molecule has 0 N–H and O–H groups in total. The Labute approximate surface area is 158 Å². The number of amides is 1. The number of hydrogen-bond acceptors (Lipinski definition) is 6. The third kappa shape index (κ3) is 4.66. The quantitative estimate of drug-likeness (QED) is 0.696. The molecule has 1 saturated heterocycles. The Morgan fingerprint density at radius 1 is 1.35 bits per heavy atom. The summed E-state index contributed by atoms with van der Waals surface area (Å²) in [5.41, 5.74) is 2.10. The minimum atomic E-state index is 0.139. The second-order valence-corrected chi connectivity index (χ2v) is 7.36. The molecule has 2 aromatic rings. The van der Waals surface area contributed by atoms with Crippen molar-refractivity contribution < 1.29 is 14.3 Å². The van der Waals surface area contributed by atoms with Crippen molar-refractivity contribution >= 4 is 17.2 Å². The largest absolute Gasteiger partial charge is 0.382 e. The van der Waals surface area contributed by atoms with Gasteiger partial charge in [-0.15, -0.1) is 11.3 Å². The highest BCUT2D eigenvalue weighted by Gasteiger charge is 2.27. The number of hydrogen-bond donors (Lipinski definition) is 0. The fourth-order valence-electron chi connectivity index (χ4n) is 3.21. The summed E-state index contributed by atoms with van der Waals surface area (Å²) in [6.07, 6.45) is 3.70. The van der Waals surface area contributed by atoms with Gasteiger partial charge in [0.05, 0.1) is 30.4 Å². The number of carbonyl (C=O) groups is 1. The predicted octanol–water partition coefficient (Wildman–Crippen LogP) is 3.03. The molecular weight excluding hydrogens is 350 g/mol. The van der Waals surface area contributed by atoms with Gasteiger partial charge in [0.25, 0.3) is 5.91 Å². The Hall–Kier alpha value is -1.83. The van der Waals surface area contributed by atoms with Crippen molar-refractivity contribution in [1.82, 2.24) is 14.9 Å². The van der Waals surface area contributed by atoms with Gasteiger partial charge >= 0.3 is 0 Å². The van der Waals surface area contributed by atoms with E-state index in [-0.39, 0.29) is 5.91 Å². The van der Waals surface area contributed by atoms with Crippen LogP contribution in [0.25, 0.3) is 0 Å². The zero-order chi connectivity index (χ0) is 18.4. The smallest absolute Gasteiger partial charge is 0.263 e. The fraction of sp³-hybridized carbons (Fsp3) is 0.526. The van der Waals surface area contributed by atoms with Gasteiger partial charge in [0.2, 0.25) is 0 Å². The highest BCUT2D eigenvalue weighted by molar-refractivity contribution is 7.12. The SMILES string of the molecule is COCCOCc1cnc(C)nc1C1CCN(C(=O)c2cccs2)CC1. The van der Waals surface area contributed by atoms with E-state index < -0.39 is 0 Å². The molecule has 1 fully saturated rings. The van der Waals surface area contributed by atoms with E-state index in [2.05, 4.69) is 4.98 Å². The molecule has 0 aromatic carbocycles. The number of thiophene rings is 1. The lowest BCUT2D eigenvalue weighted by Crippen LogP contribution is -2.38. The topological polar surface area (TPSA) is 64.6 Å². The van der Waals surface area contributed by atoms with Gasteiger partial charge < -0.3 is 14.4 Å². The fourth-order valence-corrected chi connectivity index (χ4v) is 3.90. The number of piperidine rings is 1. The van der Waals surface area contributed by atoms with Crippen molar-refractivity contribution in [2.75, 3.05) is 33.4 Å². The monoisotopic (exact) mass is 375 g/mol. The van der Waals surface area contributed by atoms with Gasteiger partial charge in [-0.25, -0.2) is 9.97 Å². The molecule has 6 nitrogen and oxygen atoms in total. The third-order valence-electron chi connectivity index (χ3n) is 4.61. The number of aryl methyl sites for hydroxylation is 1. The van der Waals surface area contributed by atoms with Gasteiger partial charge in [0.1, 0.15) is 5.82 Å². The summed E-state index contributed by atoms with van der Waals surface area (Å²) in [7, 11) is 1.66. The molecule has 0 radical (unpaired) electrons. The van der Waals surface area contributed by atoms with Crippen LogP contribution in [-0.4, -0.2) is 54.2 Å². The molecule has 26 heavy (non-hydrogen) atoms. The average Bonchev–Trinajstić information content (AvgIpc) is 3.20. The standard InChI is InChI=1S/C19H25N3O3S/c1-14-20-12-16(13-25-10-9-24-2)18(21-14)15-5-7-22(8-6-15)19(23)17-4-3-11-26-17/h3-4,11-12,15H,5-10,13H2,1-2H3. The van der Waals surface area contributed by atoms with Crippen LogP contribution in [0.1, 0.15) is 45.5 Å². The number of methoxy groups -OCH3 is 1. The van der Waals surface area contributed by atoms with E-state index in [1.165, 1.54) is 11.3 Å². The summed E-state index contributed by atoms with van der Waals surface area (Å²) < 4.78 is 10.7. The van der Waals surface area contributed by atoms with Gasteiger partial charge in [-0.1, -0.05) is 6.07 Å². The van der Waals surface area contributed by atoms with Gasteiger partial charge in [-0.3, -0.25) is 4.79 Å². The number of aromatic nitrogens is 2. The lowest BCUT2D eigenvalue weighted by molar-refractivity contribution is 0.0604. The molecule has 7 heteroatoms. The first-order chi connectivity index (χ1) is 12.7. The van der Waals surface area contributed by atoms with Crippen LogP contribution in [-0.2, 0) is 16.1 Å². The Balaban J connectivity index is 1.63. The van der Waals surface area contributed by atoms with Gasteiger partial charge in [-0.2, -0.15) is 0 Å². The summed E-state index contributed by atoms with van der Waals surface area (Å²) in [6, 6.07) is 3.81. The van der Waals surface area contributed by atoms with Gasteiger partial charge in [0.15, 0.2) is 0 Å². The molecule has 1 aliphatic rings. The molecule has 140 valence electrons. The molecule has 0 atom stereocenters. The molecule has 0 bridgehead atoms. The van der Waals surface area contributed by atoms with Gasteiger partial charge in [0, 0.05) is 37.9 Å². The number of nitrogens with zero attached hydrogens (tertiary/aromatic N) is 3. The molecule has 0 spiro atoms. The van der Waals surface area contributed by atoms with E-state index in [0.717, 1.165) is 47.9 Å². The summed E-state index contributed by atoms with van der Waals surface area (Å²) in [5, 5.41) is 1.94. The van der Waals surface area contributed by atoms with Crippen LogP contribution in [0.3, 0.4) is 0 Å². The van der Waals surface area contributed by atoms with E-state index >= 15 is 0 Å². The minimum absolute atomic E-state index is 0.139. The lowest BCUT2D eigenvalue weighted by Gasteiger charge is -2.32. The van der Waals surface area contributed by atoms with Crippen molar-refractivity contribution in [1.29, 1.82) is 0 Å². The molecule has 0 unspecified atom stereocenters. The van der Waals surface area contributed by atoms with Crippen molar-refractivity contribution in [3.05, 3.63) is 45.7 Å². The maximum Gasteiger partial charge on any atom is 0.263 e. The summed E-state index contributed by atoms with van der Waals surface area (Å²) in [4.78, 5) is 24.3. The number of carbonyl (C=O) groups excluding carboxylic acids is 1. The highest BCUT2D eigenvalue weighted by Crippen LogP contribution is 2.30. The molecular formula is C19H25N3O3S. The van der Waals surface area contributed by atoms with Crippen molar-refractivity contribution in [2.45, 2.75) is 32.3 Å². The molecule has 3 heterocycles. The average molecular weight is 375 g/mol. The first-order valence-corrected chi connectivity index (χ1v) is 9.79. The van der Waals surface area contributed by atoms with Crippen LogP contribution in [0.4, 0.5) is 0 Å². The van der Waals surface area contributed by atoms with Crippen molar-refractivity contribution in [2.24, 2.45) is 0 Å². The summed E-state index contributed by atoms with van der Waals surface area (Å²) in [6.45, 7) is 5.05. The van der Waals surface area contributed by atoms with Crippen LogP contribution >= 0.6 is 11.3 Å². The lowest BCUT2D eigenvalue weighted by atomic mass is 9.91. The molecule has 0 aliphatic carbocycles. The third-order valence-corrected chi connectivity index (χ3v) is 5.47. The van der Waals surface area contributed by atoms with Crippen LogP contribution in [0.2, 0.25) is 0 Å². The highest BCUT2D eigenvalue weighted by atomic mass is 32.1. The maximum absolute atomic E-state index is 12.5. The molecule has 1 aliphatic heterocycles. The van der Waals surface area contributed by atoms with Crippen molar-refractivity contribution in [3.63, 3.8) is 0 Å². The van der Waals surface area contributed by atoms with Crippen molar-refractivity contribution in [3.8, 4) is 0 Å². The number of ether oxygens (including phenoxy) is 2. The van der Waals surface area contributed by atoms with E-state index in [4.69, 9.17) is 14.5 Å². The van der Waals surface area contributed by atoms with Crippen LogP contribution in [0.15, 0.2) is 23.7 Å². The first-order valence-electron chi connectivity index (χ1n) is 8.91. The zero-order valence-corrected chi connectivity index (χ0v) is 16.1. The van der Waals surface area contributed by atoms with E-state index in [1.54, 1.807) is 7.11 Å². The Kier molecular flexibility index (Phi) is 6.71. The number of likely N-dealkylation sites (tertiary alicyclic amines) is 1. The minimum Gasteiger partial charge on any atom is -0.382 e. The maximum atomic E-state index is 12.5. The first kappa shape index (κ1) is 18.9. The molecule has 1 amide bonds. The summed E-state index contributed by atoms with van der Waals surface area (Å²) >= 11 is 1.50. The number of rotatable bonds is 7. The molecule has 3 rings (SSSR count). The molecule has 2 aromatic heterocycles. The van der Waals surface area contributed by atoms with Crippen LogP contribution in [0.5, 0.6) is 0 Å². The van der Waals surface area contributed by atoms with Crippen LogP contribution < -0.4 is 0 Å². The second kappa shape index (κ2) is 9.21. The second-order valence-electron chi connectivity index (χ2n) is 6.42. The Morgan fingerprint density at radius 3 is 2.85 bits per heavy atom. The predicted molar refractivity (Wildman–Crippen MR) is 100 cm³/mol. The summed E-state index contributed by atoms with van der Waals surface area (Å²) in [5.74, 6) is 1.25. The van der Waals surface area contributed by atoms with Gasteiger partial charge in [-0.05, 0) is 31.2 Å². The van der Waals surface area contributed by atoms with E-state index in [9.17, 15) is 4.79 Å². The Bertz CT molecular complexity index is 713.